The van der Waals surface area contributed by atoms with E-state index in [9.17, 15) is 4.79 Å². The Morgan fingerprint density at radius 1 is 0.840 bits per heavy atom. The number of aromatic amines is 2. The molecule has 0 saturated heterocycles. The van der Waals surface area contributed by atoms with E-state index in [2.05, 4.69) is 20.2 Å². The molecule has 0 aliphatic rings. The number of hydrogen-bond acceptors (Lipinski definition) is 4. The van der Waals surface area contributed by atoms with Crippen LogP contribution in [0, 0.1) is 0 Å². The van der Waals surface area contributed by atoms with Crippen LogP contribution in [0.15, 0.2) is 65.5 Å². The van der Waals surface area contributed by atoms with Crippen molar-refractivity contribution in [2.24, 2.45) is 0 Å². The van der Waals surface area contributed by atoms with Crippen molar-refractivity contribution >= 4 is 33.1 Å². The number of benzene rings is 2. The van der Waals surface area contributed by atoms with Gasteiger partial charge in [0.2, 0.25) is 0 Å². The van der Waals surface area contributed by atoms with Crippen molar-refractivity contribution in [1.82, 2.24) is 20.2 Å². The Kier molecular flexibility index (Phi) is 3.05. The molecule has 0 aliphatic carbocycles. The maximum absolute atomic E-state index is 12.0. The molecule has 0 bridgehead atoms. The van der Waals surface area contributed by atoms with Gasteiger partial charge in [0.1, 0.15) is 11.5 Å². The first-order valence-electron chi connectivity index (χ1n) is 7.82. The average Bonchev–Trinajstić information content (AvgIpc) is 3.29. The highest BCUT2D eigenvalue weighted by atomic mass is 32.1. The standard InChI is InChI=1S/C19H12N4OS/c24-19-12-6-2-1-5-11(12)17(22-23-19)15-9-10-16(25-15)18-20-13-7-3-4-8-14(13)21-18/h1-10H,(H,20,21)(H,23,24). The molecule has 5 rings (SSSR count). The van der Waals surface area contributed by atoms with E-state index in [1.807, 2.05) is 60.7 Å². The van der Waals surface area contributed by atoms with Gasteiger partial charge in [-0.05, 0) is 30.3 Å². The molecule has 0 saturated carbocycles. The maximum atomic E-state index is 12.0. The van der Waals surface area contributed by atoms with Crippen molar-refractivity contribution in [2.75, 3.05) is 0 Å². The van der Waals surface area contributed by atoms with E-state index in [1.54, 1.807) is 11.3 Å². The van der Waals surface area contributed by atoms with Gasteiger partial charge in [0.15, 0.2) is 0 Å². The minimum Gasteiger partial charge on any atom is -0.337 e. The number of nitrogens with zero attached hydrogens (tertiary/aromatic N) is 2. The summed E-state index contributed by atoms with van der Waals surface area (Å²) in [5.41, 5.74) is 2.57. The van der Waals surface area contributed by atoms with Gasteiger partial charge in [0.05, 0.1) is 26.2 Å². The number of aromatic nitrogens is 4. The Morgan fingerprint density at radius 2 is 1.60 bits per heavy atom. The van der Waals surface area contributed by atoms with Crippen LogP contribution in [-0.4, -0.2) is 20.2 Å². The van der Waals surface area contributed by atoms with Crippen molar-refractivity contribution in [3.05, 3.63) is 71.0 Å². The van der Waals surface area contributed by atoms with Gasteiger partial charge >= 0.3 is 0 Å². The Morgan fingerprint density at radius 3 is 2.48 bits per heavy atom. The first-order valence-corrected chi connectivity index (χ1v) is 8.64. The van der Waals surface area contributed by atoms with Crippen LogP contribution in [0.2, 0.25) is 0 Å². The van der Waals surface area contributed by atoms with Crippen LogP contribution in [0.25, 0.3) is 43.1 Å². The summed E-state index contributed by atoms with van der Waals surface area (Å²) in [4.78, 5) is 22.0. The van der Waals surface area contributed by atoms with Gasteiger partial charge in [-0.15, -0.1) is 11.3 Å². The van der Waals surface area contributed by atoms with E-state index in [0.29, 0.717) is 5.39 Å². The number of rotatable bonds is 2. The van der Waals surface area contributed by atoms with Gasteiger partial charge in [-0.2, -0.15) is 5.10 Å². The van der Waals surface area contributed by atoms with E-state index >= 15 is 0 Å². The minimum absolute atomic E-state index is 0.173. The van der Waals surface area contributed by atoms with E-state index in [0.717, 1.165) is 37.7 Å². The molecule has 5 nitrogen and oxygen atoms in total. The molecule has 120 valence electrons. The van der Waals surface area contributed by atoms with Crippen molar-refractivity contribution < 1.29 is 0 Å². The van der Waals surface area contributed by atoms with Gasteiger partial charge < -0.3 is 4.98 Å². The summed E-state index contributed by atoms with van der Waals surface area (Å²) in [5, 5.41) is 8.35. The molecule has 3 heterocycles. The van der Waals surface area contributed by atoms with Gasteiger partial charge in [-0.25, -0.2) is 10.1 Å². The monoisotopic (exact) mass is 344 g/mol. The predicted molar refractivity (Wildman–Crippen MR) is 101 cm³/mol. The zero-order chi connectivity index (χ0) is 16.8. The molecule has 5 aromatic rings. The van der Waals surface area contributed by atoms with Gasteiger partial charge in [0, 0.05) is 5.39 Å². The molecule has 0 aliphatic heterocycles. The van der Waals surface area contributed by atoms with E-state index in [-0.39, 0.29) is 5.56 Å². The van der Waals surface area contributed by atoms with Crippen LogP contribution in [0.4, 0.5) is 0 Å². The largest absolute Gasteiger partial charge is 0.337 e. The van der Waals surface area contributed by atoms with Crippen molar-refractivity contribution in [1.29, 1.82) is 0 Å². The second-order valence-electron chi connectivity index (χ2n) is 5.71. The quantitative estimate of drug-likeness (QED) is 0.504. The van der Waals surface area contributed by atoms with Crippen LogP contribution < -0.4 is 5.56 Å². The van der Waals surface area contributed by atoms with Crippen LogP contribution in [0.5, 0.6) is 0 Å². The Bertz CT molecular complexity index is 1250. The molecule has 0 atom stereocenters. The molecule has 0 amide bonds. The number of nitrogens with one attached hydrogen (secondary N) is 2. The zero-order valence-corrected chi connectivity index (χ0v) is 13.8. The molecule has 0 fully saturated rings. The number of fused-ring (bicyclic) bond motifs is 2. The number of para-hydroxylation sites is 2. The molecule has 3 aromatic heterocycles. The number of hydrogen-bond donors (Lipinski definition) is 2. The fourth-order valence-electron chi connectivity index (χ4n) is 2.96. The normalized spacial score (nSPS) is 11.4. The Balaban J connectivity index is 1.66. The second kappa shape index (κ2) is 5.39. The first-order chi connectivity index (χ1) is 12.3. The zero-order valence-electron chi connectivity index (χ0n) is 13.0. The number of H-pyrrole nitrogens is 2. The molecule has 0 unspecified atom stereocenters. The van der Waals surface area contributed by atoms with Crippen molar-refractivity contribution in [2.45, 2.75) is 0 Å². The summed E-state index contributed by atoms with van der Waals surface area (Å²) in [6, 6.07) is 19.5. The highest BCUT2D eigenvalue weighted by molar-refractivity contribution is 7.18. The summed E-state index contributed by atoms with van der Waals surface area (Å²) in [7, 11) is 0. The number of thiophene rings is 1. The highest BCUT2D eigenvalue weighted by Gasteiger charge is 2.13. The lowest BCUT2D eigenvalue weighted by Crippen LogP contribution is -2.08. The molecular formula is C19H12N4OS. The fraction of sp³-hybridized carbons (Fsp3) is 0. The van der Waals surface area contributed by atoms with Crippen LogP contribution in [0.3, 0.4) is 0 Å². The highest BCUT2D eigenvalue weighted by Crippen LogP contribution is 2.35. The summed E-state index contributed by atoms with van der Waals surface area (Å²) in [6.45, 7) is 0. The Hall–Kier alpha value is -3.25. The van der Waals surface area contributed by atoms with Gasteiger partial charge in [0.25, 0.3) is 5.56 Å². The predicted octanol–water partition coefficient (Wildman–Crippen LogP) is 4.19. The minimum atomic E-state index is -0.173. The third-order valence-corrected chi connectivity index (χ3v) is 5.26. The molecule has 6 heteroatoms. The fourth-order valence-corrected chi connectivity index (χ4v) is 3.92. The third-order valence-electron chi connectivity index (χ3n) is 4.16. The van der Waals surface area contributed by atoms with Crippen molar-refractivity contribution in [3.8, 4) is 21.3 Å². The molecule has 0 radical (unpaired) electrons. The van der Waals surface area contributed by atoms with Crippen molar-refractivity contribution in [3.63, 3.8) is 0 Å². The number of imidazole rings is 1. The smallest absolute Gasteiger partial charge is 0.272 e. The third kappa shape index (κ3) is 2.27. The summed E-state index contributed by atoms with van der Waals surface area (Å²) in [5.74, 6) is 0.839. The molecule has 0 spiro atoms. The van der Waals surface area contributed by atoms with Crippen LogP contribution >= 0.6 is 11.3 Å². The van der Waals surface area contributed by atoms with E-state index < -0.39 is 0 Å². The first kappa shape index (κ1) is 14.1. The van der Waals surface area contributed by atoms with Crippen LogP contribution in [-0.2, 0) is 0 Å². The second-order valence-corrected chi connectivity index (χ2v) is 6.80. The van der Waals surface area contributed by atoms with Crippen LogP contribution in [0.1, 0.15) is 0 Å². The van der Waals surface area contributed by atoms with E-state index in [4.69, 9.17) is 0 Å². The molecular weight excluding hydrogens is 332 g/mol. The van der Waals surface area contributed by atoms with Gasteiger partial charge in [-0.1, -0.05) is 30.3 Å². The molecule has 2 aromatic carbocycles. The lowest BCUT2D eigenvalue weighted by Gasteiger charge is -2.01. The van der Waals surface area contributed by atoms with Gasteiger partial charge in [-0.3, -0.25) is 4.79 Å². The van der Waals surface area contributed by atoms with E-state index in [1.165, 1.54) is 0 Å². The molecule has 2 N–H and O–H groups in total. The summed E-state index contributed by atoms with van der Waals surface area (Å²) < 4.78 is 0. The Labute approximate surface area is 146 Å². The topological polar surface area (TPSA) is 74.4 Å². The average molecular weight is 344 g/mol. The summed E-state index contributed by atoms with van der Waals surface area (Å²) in [6.07, 6.45) is 0. The SMILES string of the molecule is O=c1[nH]nc(-c2ccc(-c3nc4ccccc4[nH]3)s2)c2ccccc12. The summed E-state index contributed by atoms with van der Waals surface area (Å²) >= 11 is 1.60. The lowest BCUT2D eigenvalue weighted by molar-refractivity contribution is 1.02. The maximum Gasteiger partial charge on any atom is 0.272 e. The molecule has 25 heavy (non-hydrogen) atoms. The lowest BCUT2D eigenvalue weighted by atomic mass is 10.1.